The van der Waals surface area contributed by atoms with Gasteiger partial charge in [0.1, 0.15) is 18.2 Å². The molecule has 0 aliphatic heterocycles. The molecule has 0 bridgehead atoms. The summed E-state index contributed by atoms with van der Waals surface area (Å²) in [5.41, 5.74) is 6.67. The van der Waals surface area contributed by atoms with Gasteiger partial charge >= 0.3 is 0 Å². The Morgan fingerprint density at radius 3 is 2.88 bits per heavy atom. The maximum atomic E-state index is 12.8. The second-order valence-corrected chi connectivity index (χ2v) is 3.85. The normalized spacial score (nSPS) is 10.2. The van der Waals surface area contributed by atoms with E-state index in [1.165, 1.54) is 24.4 Å². The number of nitrogens with zero attached hydrogens (tertiary/aromatic N) is 1. The standard InChI is InChI=1S/C12H10ClFN2O/c13-10-6-16-4-3-8(10)7-17-12-2-1-9(14)5-11(12)15/h1-6H,7,15H2. The van der Waals surface area contributed by atoms with Crippen molar-refractivity contribution in [3.8, 4) is 5.75 Å². The number of anilines is 1. The molecule has 2 aromatic rings. The van der Waals surface area contributed by atoms with Crippen molar-refractivity contribution in [3.63, 3.8) is 0 Å². The summed E-state index contributed by atoms with van der Waals surface area (Å²) in [5.74, 6) is 0.0380. The molecular formula is C12H10ClFN2O. The molecule has 5 heteroatoms. The molecule has 17 heavy (non-hydrogen) atoms. The monoisotopic (exact) mass is 252 g/mol. The molecule has 88 valence electrons. The number of pyridine rings is 1. The second-order valence-electron chi connectivity index (χ2n) is 3.44. The smallest absolute Gasteiger partial charge is 0.142 e. The fourth-order valence-electron chi connectivity index (χ4n) is 1.33. The molecule has 2 rings (SSSR count). The number of nitrogens with two attached hydrogens (primary N) is 1. The molecule has 0 radical (unpaired) electrons. The van der Waals surface area contributed by atoms with E-state index in [1.54, 1.807) is 12.3 Å². The van der Waals surface area contributed by atoms with Crippen LogP contribution in [0.2, 0.25) is 5.02 Å². The van der Waals surface area contributed by atoms with Crippen molar-refractivity contribution in [2.75, 3.05) is 5.73 Å². The Balaban J connectivity index is 2.10. The number of hydrogen-bond donors (Lipinski definition) is 1. The van der Waals surface area contributed by atoms with Crippen molar-refractivity contribution in [1.29, 1.82) is 0 Å². The van der Waals surface area contributed by atoms with Crippen LogP contribution in [0.4, 0.5) is 10.1 Å². The highest BCUT2D eigenvalue weighted by Crippen LogP contribution is 2.24. The Bertz CT molecular complexity index is 534. The van der Waals surface area contributed by atoms with Crippen LogP contribution in [0.25, 0.3) is 0 Å². The summed E-state index contributed by atoms with van der Waals surface area (Å²) < 4.78 is 18.3. The number of ether oxygens (including phenoxy) is 1. The lowest BCUT2D eigenvalue weighted by Crippen LogP contribution is -2.00. The lowest BCUT2D eigenvalue weighted by molar-refractivity contribution is 0.307. The summed E-state index contributed by atoms with van der Waals surface area (Å²) in [6.45, 7) is 0.261. The molecule has 1 heterocycles. The Morgan fingerprint density at radius 1 is 1.35 bits per heavy atom. The first kappa shape index (κ1) is 11.7. The minimum Gasteiger partial charge on any atom is -0.487 e. The molecule has 0 fully saturated rings. The van der Waals surface area contributed by atoms with E-state index < -0.39 is 5.82 Å². The van der Waals surface area contributed by atoms with Gasteiger partial charge in [0.2, 0.25) is 0 Å². The van der Waals surface area contributed by atoms with Crippen LogP contribution < -0.4 is 10.5 Å². The quantitative estimate of drug-likeness (QED) is 0.854. The van der Waals surface area contributed by atoms with Crippen LogP contribution in [0, 0.1) is 5.82 Å². The van der Waals surface area contributed by atoms with Gasteiger partial charge in [0.25, 0.3) is 0 Å². The molecule has 0 aliphatic carbocycles. The number of nitrogen functional groups attached to an aromatic ring is 1. The van der Waals surface area contributed by atoms with E-state index in [0.717, 1.165) is 5.56 Å². The Morgan fingerprint density at radius 2 is 2.18 bits per heavy atom. The average Bonchev–Trinajstić information content (AvgIpc) is 2.30. The van der Waals surface area contributed by atoms with Crippen molar-refractivity contribution >= 4 is 17.3 Å². The molecule has 0 saturated heterocycles. The number of hydrogen-bond acceptors (Lipinski definition) is 3. The van der Waals surface area contributed by atoms with Gasteiger partial charge in [-0.2, -0.15) is 0 Å². The molecule has 2 N–H and O–H groups in total. The summed E-state index contributed by atoms with van der Waals surface area (Å²) >= 11 is 5.92. The predicted molar refractivity (Wildman–Crippen MR) is 64.4 cm³/mol. The summed E-state index contributed by atoms with van der Waals surface area (Å²) in [5, 5.41) is 0.521. The fraction of sp³-hybridized carbons (Fsp3) is 0.0833. The van der Waals surface area contributed by atoms with Gasteiger partial charge in [-0.3, -0.25) is 4.98 Å². The molecular weight excluding hydrogens is 243 g/mol. The largest absolute Gasteiger partial charge is 0.487 e. The second kappa shape index (κ2) is 5.01. The molecule has 3 nitrogen and oxygen atoms in total. The van der Waals surface area contributed by atoms with Crippen LogP contribution in [-0.4, -0.2) is 4.98 Å². The Labute approximate surface area is 103 Å². The van der Waals surface area contributed by atoms with Crippen LogP contribution in [0.15, 0.2) is 36.7 Å². The SMILES string of the molecule is Nc1cc(F)ccc1OCc1ccncc1Cl. The number of halogens is 2. The first-order valence-corrected chi connectivity index (χ1v) is 5.31. The van der Waals surface area contributed by atoms with Crippen molar-refractivity contribution in [1.82, 2.24) is 4.98 Å². The van der Waals surface area contributed by atoms with Gasteiger partial charge in [-0.25, -0.2) is 4.39 Å². The van der Waals surface area contributed by atoms with E-state index in [-0.39, 0.29) is 12.3 Å². The molecule has 0 saturated carbocycles. The van der Waals surface area contributed by atoms with Crippen molar-refractivity contribution in [3.05, 3.63) is 53.1 Å². The van der Waals surface area contributed by atoms with Crippen molar-refractivity contribution in [2.45, 2.75) is 6.61 Å². The molecule has 0 amide bonds. The minimum absolute atomic E-state index is 0.259. The molecule has 0 unspecified atom stereocenters. The van der Waals surface area contributed by atoms with Gasteiger partial charge in [0, 0.05) is 24.0 Å². The molecule has 0 aliphatic rings. The number of benzene rings is 1. The molecule has 1 aromatic heterocycles. The third-order valence-corrected chi connectivity index (χ3v) is 2.55. The first-order valence-electron chi connectivity index (χ1n) is 4.93. The van der Waals surface area contributed by atoms with Crippen LogP contribution in [0.1, 0.15) is 5.56 Å². The average molecular weight is 253 g/mol. The van der Waals surface area contributed by atoms with E-state index in [0.29, 0.717) is 10.8 Å². The van der Waals surface area contributed by atoms with Crippen LogP contribution in [-0.2, 0) is 6.61 Å². The summed E-state index contributed by atoms with van der Waals surface area (Å²) in [4.78, 5) is 3.87. The minimum atomic E-state index is -0.392. The number of aromatic nitrogens is 1. The zero-order valence-corrected chi connectivity index (χ0v) is 9.62. The third kappa shape index (κ3) is 2.85. The van der Waals surface area contributed by atoms with Crippen molar-refractivity contribution in [2.24, 2.45) is 0 Å². The zero-order chi connectivity index (χ0) is 12.3. The summed E-state index contributed by atoms with van der Waals surface area (Å²) in [6.07, 6.45) is 3.16. The Kier molecular flexibility index (Phi) is 3.44. The van der Waals surface area contributed by atoms with E-state index in [4.69, 9.17) is 22.1 Å². The topological polar surface area (TPSA) is 48.1 Å². The van der Waals surface area contributed by atoms with Crippen molar-refractivity contribution < 1.29 is 9.13 Å². The molecule has 0 atom stereocenters. The highest BCUT2D eigenvalue weighted by molar-refractivity contribution is 6.31. The van der Waals surface area contributed by atoms with Crippen LogP contribution >= 0.6 is 11.6 Å². The van der Waals surface area contributed by atoms with E-state index in [1.807, 2.05) is 0 Å². The van der Waals surface area contributed by atoms with Gasteiger partial charge < -0.3 is 10.5 Å². The Hall–Kier alpha value is -1.81. The highest BCUT2D eigenvalue weighted by atomic mass is 35.5. The summed E-state index contributed by atoms with van der Waals surface area (Å²) in [6, 6.07) is 5.74. The zero-order valence-electron chi connectivity index (χ0n) is 8.86. The molecule has 0 spiro atoms. The van der Waals surface area contributed by atoms with Crippen LogP contribution in [0.3, 0.4) is 0 Å². The number of rotatable bonds is 3. The fourth-order valence-corrected chi connectivity index (χ4v) is 1.50. The van der Waals surface area contributed by atoms with E-state index in [9.17, 15) is 4.39 Å². The third-order valence-electron chi connectivity index (χ3n) is 2.21. The van der Waals surface area contributed by atoms with Gasteiger partial charge in [-0.1, -0.05) is 11.6 Å². The van der Waals surface area contributed by atoms with Crippen LogP contribution in [0.5, 0.6) is 5.75 Å². The van der Waals surface area contributed by atoms with Gasteiger partial charge in [-0.05, 0) is 18.2 Å². The lowest BCUT2D eigenvalue weighted by atomic mass is 10.2. The predicted octanol–water partition coefficient (Wildman–Crippen LogP) is 3.04. The maximum Gasteiger partial charge on any atom is 0.142 e. The highest BCUT2D eigenvalue weighted by Gasteiger charge is 2.04. The van der Waals surface area contributed by atoms with E-state index in [2.05, 4.69) is 4.98 Å². The van der Waals surface area contributed by atoms with Gasteiger partial charge in [0.15, 0.2) is 0 Å². The van der Waals surface area contributed by atoms with E-state index >= 15 is 0 Å². The maximum absolute atomic E-state index is 12.8. The van der Waals surface area contributed by atoms with Gasteiger partial charge in [-0.15, -0.1) is 0 Å². The lowest BCUT2D eigenvalue weighted by Gasteiger charge is -2.09. The summed E-state index contributed by atoms with van der Waals surface area (Å²) in [7, 11) is 0. The molecule has 1 aromatic carbocycles. The van der Waals surface area contributed by atoms with Gasteiger partial charge in [0.05, 0.1) is 10.7 Å². The first-order chi connectivity index (χ1) is 8.16.